The molecule has 1 N–H and O–H groups in total. The summed E-state index contributed by atoms with van der Waals surface area (Å²) in [6.45, 7) is 3.87. The summed E-state index contributed by atoms with van der Waals surface area (Å²) >= 11 is 0. The van der Waals surface area contributed by atoms with Gasteiger partial charge in [0.25, 0.3) is 0 Å². The number of methoxy groups -OCH3 is 1. The quantitative estimate of drug-likeness (QED) is 0.825. The van der Waals surface area contributed by atoms with E-state index in [1.54, 1.807) is 7.11 Å². The first-order valence-corrected chi connectivity index (χ1v) is 7.39. The summed E-state index contributed by atoms with van der Waals surface area (Å²) in [6, 6.07) is 8.31. The Bertz CT molecular complexity index is 372. The fourth-order valence-corrected chi connectivity index (χ4v) is 2.60. The van der Waals surface area contributed by atoms with Crippen molar-refractivity contribution in [2.45, 2.75) is 25.4 Å². The van der Waals surface area contributed by atoms with E-state index in [0.29, 0.717) is 12.7 Å². The highest BCUT2D eigenvalue weighted by Crippen LogP contribution is 2.15. The van der Waals surface area contributed by atoms with E-state index in [4.69, 9.17) is 14.6 Å². The highest BCUT2D eigenvalue weighted by molar-refractivity contribution is 5.27. The third-order valence-corrected chi connectivity index (χ3v) is 3.86. The van der Waals surface area contributed by atoms with Crippen LogP contribution < -0.4 is 4.74 Å². The van der Waals surface area contributed by atoms with Crippen LogP contribution in [0.4, 0.5) is 0 Å². The molecule has 0 atom stereocenters. The van der Waals surface area contributed by atoms with Crippen LogP contribution in [0.15, 0.2) is 24.3 Å². The average molecular weight is 279 g/mol. The van der Waals surface area contributed by atoms with Gasteiger partial charge in [-0.3, -0.25) is 0 Å². The van der Waals surface area contributed by atoms with Crippen LogP contribution >= 0.6 is 0 Å². The molecule has 1 aromatic carbocycles. The van der Waals surface area contributed by atoms with Crippen LogP contribution in [0, 0.1) is 0 Å². The van der Waals surface area contributed by atoms with Crippen molar-refractivity contribution in [2.75, 3.05) is 40.0 Å². The molecule has 0 bridgehead atoms. The minimum atomic E-state index is 0.123. The molecule has 1 aromatic rings. The topological polar surface area (TPSA) is 41.9 Å². The van der Waals surface area contributed by atoms with Crippen LogP contribution in [0.5, 0.6) is 5.75 Å². The number of hydrogen-bond donors (Lipinski definition) is 1. The maximum Gasteiger partial charge on any atom is 0.118 e. The number of hydrogen-bond acceptors (Lipinski definition) is 4. The Labute approximate surface area is 121 Å². The van der Waals surface area contributed by atoms with E-state index in [2.05, 4.69) is 17.0 Å². The molecule has 0 amide bonds. The molecule has 0 aliphatic carbocycles. The fourth-order valence-electron chi connectivity index (χ4n) is 2.60. The Kier molecular flexibility index (Phi) is 6.30. The number of ether oxygens (including phenoxy) is 2. The van der Waals surface area contributed by atoms with Crippen molar-refractivity contribution < 1.29 is 14.6 Å². The van der Waals surface area contributed by atoms with Crippen LogP contribution in [-0.4, -0.2) is 56.1 Å². The summed E-state index contributed by atoms with van der Waals surface area (Å²) in [4.78, 5) is 2.49. The zero-order valence-electron chi connectivity index (χ0n) is 12.3. The molecular formula is C16H25NO3. The predicted octanol–water partition coefficient (Wildman–Crippen LogP) is 1.71. The molecule has 4 nitrogen and oxygen atoms in total. The van der Waals surface area contributed by atoms with Gasteiger partial charge in [-0.2, -0.15) is 0 Å². The zero-order valence-corrected chi connectivity index (χ0v) is 12.3. The molecule has 1 fully saturated rings. The van der Waals surface area contributed by atoms with Gasteiger partial charge in [0.05, 0.1) is 26.4 Å². The summed E-state index contributed by atoms with van der Waals surface area (Å²) in [5.74, 6) is 0.913. The molecule has 0 aromatic heterocycles. The Morgan fingerprint density at radius 3 is 2.50 bits per heavy atom. The normalized spacial score (nSPS) is 17.3. The van der Waals surface area contributed by atoms with Crippen molar-refractivity contribution >= 4 is 0 Å². The summed E-state index contributed by atoms with van der Waals surface area (Å²) in [7, 11) is 1.69. The first-order chi connectivity index (χ1) is 9.81. The first-order valence-electron chi connectivity index (χ1n) is 7.39. The van der Waals surface area contributed by atoms with Gasteiger partial charge in [0, 0.05) is 19.6 Å². The molecule has 0 saturated carbocycles. The number of rotatable bonds is 7. The predicted molar refractivity (Wildman–Crippen MR) is 79.2 cm³/mol. The summed E-state index contributed by atoms with van der Waals surface area (Å²) in [6.07, 6.45) is 3.55. The second-order valence-electron chi connectivity index (χ2n) is 5.23. The van der Waals surface area contributed by atoms with Gasteiger partial charge in [0.15, 0.2) is 0 Å². The summed E-state index contributed by atoms with van der Waals surface area (Å²) < 4.78 is 10.7. The maximum absolute atomic E-state index is 8.75. The molecule has 1 heterocycles. The molecule has 2 rings (SSSR count). The molecular weight excluding hydrogens is 254 g/mol. The number of aliphatic hydroxyl groups is 1. The molecule has 1 saturated heterocycles. The van der Waals surface area contributed by atoms with Crippen LogP contribution in [0.1, 0.15) is 18.4 Å². The van der Waals surface area contributed by atoms with Crippen molar-refractivity contribution in [3.8, 4) is 5.75 Å². The smallest absolute Gasteiger partial charge is 0.118 e. The molecule has 1 aliphatic rings. The molecule has 0 unspecified atom stereocenters. The van der Waals surface area contributed by atoms with Crippen LogP contribution in [-0.2, 0) is 11.2 Å². The summed E-state index contributed by atoms with van der Waals surface area (Å²) in [5, 5.41) is 8.75. The zero-order chi connectivity index (χ0) is 14.2. The third-order valence-electron chi connectivity index (χ3n) is 3.86. The minimum absolute atomic E-state index is 0.123. The summed E-state index contributed by atoms with van der Waals surface area (Å²) in [5.41, 5.74) is 1.35. The molecule has 20 heavy (non-hydrogen) atoms. The minimum Gasteiger partial charge on any atom is -0.497 e. The van der Waals surface area contributed by atoms with Gasteiger partial charge in [0.2, 0.25) is 0 Å². The van der Waals surface area contributed by atoms with E-state index in [-0.39, 0.29) is 6.61 Å². The van der Waals surface area contributed by atoms with E-state index >= 15 is 0 Å². The van der Waals surface area contributed by atoms with E-state index in [1.165, 1.54) is 5.56 Å². The molecule has 4 heteroatoms. The van der Waals surface area contributed by atoms with Crippen molar-refractivity contribution in [3.05, 3.63) is 29.8 Å². The van der Waals surface area contributed by atoms with Crippen molar-refractivity contribution in [2.24, 2.45) is 0 Å². The second-order valence-corrected chi connectivity index (χ2v) is 5.23. The van der Waals surface area contributed by atoms with Crippen LogP contribution in [0.25, 0.3) is 0 Å². The monoisotopic (exact) mass is 279 g/mol. The molecule has 0 radical (unpaired) electrons. The van der Waals surface area contributed by atoms with E-state index in [0.717, 1.165) is 44.6 Å². The molecule has 0 spiro atoms. The van der Waals surface area contributed by atoms with Crippen molar-refractivity contribution in [3.63, 3.8) is 0 Å². The van der Waals surface area contributed by atoms with Crippen LogP contribution in [0.2, 0.25) is 0 Å². The fraction of sp³-hybridized carbons (Fsp3) is 0.625. The second kappa shape index (κ2) is 8.25. The van der Waals surface area contributed by atoms with Gasteiger partial charge in [-0.05, 0) is 37.0 Å². The van der Waals surface area contributed by atoms with E-state index in [9.17, 15) is 0 Å². The van der Waals surface area contributed by atoms with Gasteiger partial charge < -0.3 is 19.5 Å². The van der Waals surface area contributed by atoms with E-state index < -0.39 is 0 Å². The molecule has 112 valence electrons. The van der Waals surface area contributed by atoms with Crippen molar-refractivity contribution in [1.82, 2.24) is 4.90 Å². The highest BCUT2D eigenvalue weighted by Gasteiger charge is 2.18. The lowest BCUT2D eigenvalue weighted by atomic mass is 10.1. The maximum atomic E-state index is 8.75. The lowest BCUT2D eigenvalue weighted by molar-refractivity contribution is -0.00748. The lowest BCUT2D eigenvalue weighted by Crippen LogP contribution is -2.38. The highest BCUT2D eigenvalue weighted by atomic mass is 16.5. The Morgan fingerprint density at radius 2 is 1.90 bits per heavy atom. The number of nitrogens with zero attached hydrogens (tertiary/aromatic N) is 1. The SMILES string of the molecule is COc1ccc(CCN2CCC(OCCO)CC2)cc1. The standard InChI is InChI=1S/C16H25NO3/c1-19-15-4-2-14(3-5-15)6-9-17-10-7-16(8-11-17)20-13-12-18/h2-5,16,18H,6-13H2,1H3. The lowest BCUT2D eigenvalue weighted by Gasteiger charge is -2.31. The van der Waals surface area contributed by atoms with Crippen molar-refractivity contribution in [1.29, 1.82) is 0 Å². The number of benzene rings is 1. The number of aliphatic hydroxyl groups excluding tert-OH is 1. The Morgan fingerprint density at radius 1 is 1.20 bits per heavy atom. The van der Waals surface area contributed by atoms with Gasteiger partial charge in [-0.1, -0.05) is 12.1 Å². The van der Waals surface area contributed by atoms with Gasteiger partial charge in [-0.25, -0.2) is 0 Å². The van der Waals surface area contributed by atoms with Gasteiger partial charge in [0.1, 0.15) is 5.75 Å². The van der Waals surface area contributed by atoms with E-state index in [1.807, 2.05) is 12.1 Å². The van der Waals surface area contributed by atoms with Crippen LogP contribution in [0.3, 0.4) is 0 Å². The molecule has 1 aliphatic heterocycles. The first kappa shape index (κ1) is 15.3. The Hall–Kier alpha value is -1.10. The number of piperidine rings is 1. The third kappa shape index (κ3) is 4.78. The number of likely N-dealkylation sites (tertiary alicyclic amines) is 1. The average Bonchev–Trinajstić information content (AvgIpc) is 2.52. The largest absolute Gasteiger partial charge is 0.497 e. The Balaban J connectivity index is 1.67. The van der Waals surface area contributed by atoms with Gasteiger partial charge >= 0.3 is 0 Å². The van der Waals surface area contributed by atoms with Gasteiger partial charge in [-0.15, -0.1) is 0 Å².